The summed E-state index contributed by atoms with van der Waals surface area (Å²) in [5.41, 5.74) is 3.02. The van der Waals surface area contributed by atoms with E-state index in [0.717, 1.165) is 33.4 Å². The largest absolute Gasteiger partial charge is 0.322 e. The van der Waals surface area contributed by atoms with Crippen LogP contribution < -0.4 is 14.5 Å². The molecule has 0 aliphatic carbocycles. The fourth-order valence-corrected chi connectivity index (χ4v) is 5.59. The van der Waals surface area contributed by atoms with E-state index in [1.165, 1.54) is 4.31 Å². The van der Waals surface area contributed by atoms with Crippen molar-refractivity contribution in [3.63, 3.8) is 0 Å². The summed E-state index contributed by atoms with van der Waals surface area (Å²) in [4.78, 5) is 24.8. The molecule has 0 saturated carbocycles. The van der Waals surface area contributed by atoms with Crippen LogP contribution in [-0.2, 0) is 23.1 Å². The van der Waals surface area contributed by atoms with Crippen molar-refractivity contribution in [2.24, 2.45) is 0 Å². The van der Waals surface area contributed by atoms with Crippen molar-refractivity contribution < 1.29 is 13.2 Å². The summed E-state index contributed by atoms with van der Waals surface area (Å²) in [6, 6.07) is 18.7. The van der Waals surface area contributed by atoms with Crippen LogP contribution in [0.2, 0.25) is 5.02 Å². The van der Waals surface area contributed by atoms with Crippen molar-refractivity contribution in [2.45, 2.75) is 20.0 Å². The van der Waals surface area contributed by atoms with E-state index >= 15 is 0 Å². The van der Waals surface area contributed by atoms with Crippen molar-refractivity contribution >= 4 is 60.5 Å². The number of aromatic nitrogens is 1. The number of rotatable bonds is 7. The van der Waals surface area contributed by atoms with E-state index < -0.39 is 10.0 Å². The van der Waals surface area contributed by atoms with E-state index in [1.54, 1.807) is 65.2 Å². The van der Waals surface area contributed by atoms with E-state index in [2.05, 4.69) is 5.32 Å². The molecule has 4 rings (SSSR count). The predicted octanol–water partition coefficient (Wildman–Crippen LogP) is 4.95. The number of amides is 1. The fourth-order valence-electron chi connectivity index (χ4n) is 3.58. The van der Waals surface area contributed by atoms with Gasteiger partial charge in [-0.1, -0.05) is 35.1 Å². The molecule has 34 heavy (non-hydrogen) atoms. The molecule has 0 aliphatic rings. The van der Waals surface area contributed by atoms with Crippen LogP contribution in [0, 0.1) is 0 Å². The number of nitrogens with one attached hydrogen (secondary N) is 1. The summed E-state index contributed by atoms with van der Waals surface area (Å²) in [6.45, 7) is 2.63. The zero-order valence-electron chi connectivity index (χ0n) is 18.5. The number of aryl methyl sites for hydroxylation is 1. The van der Waals surface area contributed by atoms with Crippen molar-refractivity contribution in [3.05, 3.63) is 92.5 Å². The SMILES string of the molecule is CCn1c(=O)sc2cc(NC(=O)c3ccc(N(Cc4ccc(Cl)cc4)S(C)(=O)=O)cc3)ccc21. The molecule has 3 aromatic carbocycles. The lowest BCUT2D eigenvalue weighted by Crippen LogP contribution is -2.29. The highest BCUT2D eigenvalue weighted by atomic mass is 35.5. The Morgan fingerprint density at radius 2 is 1.74 bits per heavy atom. The third-order valence-corrected chi connectivity index (χ3v) is 7.63. The van der Waals surface area contributed by atoms with Crippen molar-refractivity contribution in [2.75, 3.05) is 15.9 Å². The Balaban J connectivity index is 1.53. The standard InChI is InChI=1S/C24H22ClN3O4S2/c1-3-27-21-13-10-19(14-22(21)33-24(27)30)26-23(29)17-6-11-20(12-7-17)28(34(2,31)32)15-16-4-8-18(25)9-5-16/h4-14H,3,15H2,1-2H3,(H,26,29). The number of nitrogens with zero attached hydrogens (tertiary/aromatic N) is 2. The first kappa shape index (κ1) is 24.0. The van der Waals surface area contributed by atoms with Gasteiger partial charge in [0.25, 0.3) is 5.91 Å². The first-order chi connectivity index (χ1) is 16.2. The van der Waals surface area contributed by atoms with E-state index in [-0.39, 0.29) is 17.3 Å². The van der Waals surface area contributed by atoms with Crippen LogP contribution in [0.15, 0.2) is 71.5 Å². The second-order valence-electron chi connectivity index (χ2n) is 7.69. The molecule has 1 amide bonds. The topological polar surface area (TPSA) is 88.5 Å². The van der Waals surface area contributed by atoms with Crippen LogP contribution in [0.5, 0.6) is 0 Å². The first-order valence-corrected chi connectivity index (χ1v) is 13.5. The lowest BCUT2D eigenvalue weighted by molar-refractivity contribution is 0.102. The minimum absolute atomic E-state index is 0.0365. The number of halogens is 1. The van der Waals surface area contributed by atoms with Gasteiger partial charge in [-0.3, -0.25) is 18.5 Å². The second-order valence-corrected chi connectivity index (χ2v) is 11.0. The number of anilines is 2. The maximum Gasteiger partial charge on any atom is 0.308 e. The Kier molecular flexibility index (Phi) is 6.79. The van der Waals surface area contributed by atoms with E-state index in [9.17, 15) is 18.0 Å². The summed E-state index contributed by atoms with van der Waals surface area (Å²) in [5.74, 6) is -0.336. The smallest absolute Gasteiger partial charge is 0.308 e. The van der Waals surface area contributed by atoms with Crippen molar-refractivity contribution in [1.82, 2.24) is 4.57 Å². The number of carbonyl (C=O) groups excluding carboxylic acids is 1. The third-order valence-electron chi connectivity index (χ3n) is 5.30. The Hall–Kier alpha value is -3.14. The number of fused-ring (bicyclic) bond motifs is 1. The summed E-state index contributed by atoms with van der Waals surface area (Å²) in [7, 11) is -3.56. The highest BCUT2D eigenvalue weighted by Gasteiger charge is 2.19. The molecule has 7 nitrogen and oxygen atoms in total. The van der Waals surface area contributed by atoms with E-state index in [1.807, 2.05) is 13.0 Å². The van der Waals surface area contributed by atoms with Gasteiger partial charge in [0.1, 0.15) is 0 Å². The van der Waals surface area contributed by atoms with Gasteiger partial charge >= 0.3 is 4.87 Å². The molecule has 4 aromatic rings. The predicted molar refractivity (Wildman–Crippen MR) is 139 cm³/mol. The third kappa shape index (κ3) is 5.16. The highest BCUT2D eigenvalue weighted by molar-refractivity contribution is 7.92. The molecular weight excluding hydrogens is 494 g/mol. The quantitative estimate of drug-likeness (QED) is 0.377. The zero-order valence-corrected chi connectivity index (χ0v) is 20.9. The van der Waals surface area contributed by atoms with Crippen molar-refractivity contribution in [1.29, 1.82) is 0 Å². The molecule has 0 spiro atoms. The second kappa shape index (κ2) is 9.61. The van der Waals surface area contributed by atoms with Gasteiger partial charge in [0.05, 0.1) is 28.7 Å². The molecule has 0 radical (unpaired) electrons. The van der Waals surface area contributed by atoms with E-state index in [0.29, 0.717) is 28.5 Å². The number of sulfonamides is 1. The van der Waals surface area contributed by atoms with Crippen LogP contribution in [-0.4, -0.2) is 25.1 Å². The summed E-state index contributed by atoms with van der Waals surface area (Å²) < 4.78 is 28.6. The molecule has 0 aliphatic heterocycles. The molecule has 176 valence electrons. The molecule has 0 bridgehead atoms. The number of benzene rings is 3. The number of hydrogen-bond acceptors (Lipinski definition) is 5. The van der Waals surface area contributed by atoms with Crippen LogP contribution in [0.4, 0.5) is 11.4 Å². The lowest BCUT2D eigenvalue weighted by atomic mass is 10.1. The van der Waals surface area contributed by atoms with Gasteiger partial charge in [0.2, 0.25) is 10.0 Å². The Bertz CT molecular complexity index is 1510. The molecule has 0 unspecified atom stereocenters. The van der Waals surface area contributed by atoms with Gasteiger partial charge < -0.3 is 5.32 Å². The highest BCUT2D eigenvalue weighted by Crippen LogP contribution is 2.24. The molecule has 10 heteroatoms. The molecule has 0 saturated heterocycles. The van der Waals surface area contributed by atoms with E-state index in [4.69, 9.17) is 11.6 Å². The maximum atomic E-state index is 12.8. The molecule has 1 N–H and O–H groups in total. The molecule has 0 fully saturated rings. The summed E-state index contributed by atoms with van der Waals surface area (Å²) in [6.07, 6.45) is 1.14. The van der Waals surface area contributed by atoms with Crippen molar-refractivity contribution in [3.8, 4) is 0 Å². The lowest BCUT2D eigenvalue weighted by Gasteiger charge is -2.23. The molecule has 1 aromatic heterocycles. The van der Waals surface area contributed by atoms with Gasteiger partial charge in [-0.25, -0.2) is 8.42 Å². The monoisotopic (exact) mass is 515 g/mol. The number of thiazole rings is 1. The fraction of sp³-hybridized carbons (Fsp3) is 0.167. The average Bonchev–Trinajstić information content (AvgIpc) is 3.12. The maximum absolute atomic E-state index is 12.8. The Morgan fingerprint density at radius 3 is 2.35 bits per heavy atom. The van der Waals surface area contributed by atoms with Gasteiger partial charge in [0.15, 0.2) is 0 Å². The normalized spacial score (nSPS) is 11.5. The van der Waals surface area contributed by atoms with Crippen LogP contribution in [0.25, 0.3) is 10.2 Å². The average molecular weight is 516 g/mol. The zero-order chi connectivity index (χ0) is 24.5. The number of carbonyl (C=O) groups is 1. The molecule has 1 heterocycles. The minimum atomic E-state index is -3.56. The Morgan fingerprint density at radius 1 is 1.06 bits per heavy atom. The van der Waals surface area contributed by atoms with Crippen LogP contribution >= 0.6 is 22.9 Å². The van der Waals surface area contributed by atoms with Gasteiger partial charge in [0, 0.05) is 22.8 Å². The van der Waals surface area contributed by atoms with Crippen LogP contribution in [0.1, 0.15) is 22.8 Å². The summed E-state index contributed by atoms with van der Waals surface area (Å²) in [5, 5.41) is 3.40. The molecular formula is C24H22ClN3O4S2. The minimum Gasteiger partial charge on any atom is -0.322 e. The number of hydrogen-bond donors (Lipinski definition) is 1. The first-order valence-electron chi connectivity index (χ1n) is 10.4. The molecule has 0 atom stereocenters. The Labute approximate surface area is 206 Å². The van der Waals surface area contributed by atoms with Gasteiger partial charge in [-0.15, -0.1) is 0 Å². The van der Waals surface area contributed by atoms with Gasteiger partial charge in [-0.2, -0.15) is 0 Å². The summed E-state index contributed by atoms with van der Waals surface area (Å²) >= 11 is 7.05. The van der Waals surface area contributed by atoms with Gasteiger partial charge in [-0.05, 0) is 67.1 Å². The van der Waals surface area contributed by atoms with Crippen LogP contribution in [0.3, 0.4) is 0 Å².